The molecular formula is C10H14O. The molecule has 0 saturated heterocycles. The van der Waals surface area contributed by atoms with E-state index in [1.807, 2.05) is 26.8 Å². The second kappa shape index (κ2) is 4.67. The molecule has 0 unspecified atom stereocenters. The van der Waals surface area contributed by atoms with Crippen LogP contribution in [0.25, 0.3) is 0 Å². The number of aldehydes is 1. The normalized spacial score (nSPS) is 10.6. The summed E-state index contributed by atoms with van der Waals surface area (Å²) in [6, 6.07) is 0. The lowest BCUT2D eigenvalue weighted by Gasteiger charge is -2.00. The van der Waals surface area contributed by atoms with E-state index in [1.165, 1.54) is 0 Å². The zero-order valence-electron chi connectivity index (χ0n) is 7.35. The smallest absolute Gasteiger partial charge is 0.150 e. The standard InChI is InChI=1S/C10H14O/c1-5-6-9(4)10(7-11)8(2)3/h5-7H,1H2,2-4H3/b9-6+. The second-order valence-corrected chi connectivity index (χ2v) is 2.62. The Morgan fingerprint density at radius 1 is 1.27 bits per heavy atom. The van der Waals surface area contributed by atoms with Gasteiger partial charge in [0.15, 0.2) is 0 Å². The SMILES string of the molecule is C=C/C=C(\C)C(C=O)=C(C)C. The van der Waals surface area contributed by atoms with Gasteiger partial charge in [-0.2, -0.15) is 0 Å². The van der Waals surface area contributed by atoms with E-state index in [-0.39, 0.29) is 0 Å². The molecule has 0 aromatic heterocycles. The van der Waals surface area contributed by atoms with Crippen LogP contribution in [0.4, 0.5) is 0 Å². The van der Waals surface area contributed by atoms with Crippen LogP contribution in [0.2, 0.25) is 0 Å². The lowest BCUT2D eigenvalue weighted by molar-refractivity contribution is -0.104. The molecule has 0 saturated carbocycles. The molecule has 0 aliphatic heterocycles. The van der Waals surface area contributed by atoms with E-state index in [9.17, 15) is 4.79 Å². The van der Waals surface area contributed by atoms with Gasteiger partial charge in [0.1, 0.15) is 6.29 Å². The summed E-state index contributed by atoms with van der Waals surface area (Å²) < 4.78 is 0. The van der Waals surface area contributed by atoms with Gasteiger partial charge in [-0.15, -0.1) is 0 Å². The van der Waals surface area contributed by atoms with Crippen LogP contribution in [-0.2, 0) is 4.79 Å². The lowest BCUT2D eigenvalue weighted by Crippen LogP contribution is -1.89. The first-order valence-electron chi connectivity index (χ1n) is 3.55. The third-order valence-electron chi connectivity index (χ3n) is 1.45. The van der Waals surface area contributed by atoms with E-state index < -0.39 is 0 Å². The quantitative estimate of drug-likeness (QED) is 0.343. The van der Waals surface area contributed by atoms with Gasteiger partial charge in [-0.25, -0.2) is 0 Å². The Morgan fingerprint density at radius 2 is 1.82 bits per heavy atom. The van der Waals surface area contributed by atoms with Crippen LogP contribution in [0, 0.1) is 0 Å². The molecule has 0 spiro atoms. The first kappa shape index (κ1) is 9.89. The van der Waals surface area contributed by atoms with Gasteiger partial charge >= 0.3 is 0 Å². The minimum Gasteiger partial charge on any atom is -0.298 e. The first-order chi connectivity index (χ1) is 5.13. The van der Waals surface area contributed by atoms with Gasteiger partial charge < -0.3 is 0 Å². The van der Waals surface area contributed by atoms with E-state index in [0.717, 1.165) is 23.0 Å². The predicted octanol–water partition coefficient (Wildman–Crippen LogP) is 2.65. The Morgan fingerprint density at radius 3 is 2.09 bits per heavy atom. The molecule has 0 heterocycles. The Kier molecular flexibility index (Phi) is 4.20. The summed E-state index contributed by atoms with van der Waals surface area (Å²) in [6.45, 7) is 9.30. The van der Waals surface area contributed by atoms with Crippen molar-refractivity contribution in [3.05, 3.63) is 35.5 Å². The fourth-order valence-electron chi connectivity index (χ4n) is 0.872. The molecule has 60 valence electrons. The van der Waals surface area contributed by atoms with Crippen molar-refractivity contribution in [1.82, 2.24) is 0 Å². The van der Waals surface area contributed by atoms with E-state index in [0.29, 0.717) is 0 Å². The molecule has 0 aromatic carbocycles. The van der Waals surface area contributed by atoms with E-state index >= 15 is 0 Å². The van der Waals surface area contributed by atoms with Gasteiger partial charge in [0.05, 0.1) is 0 Å². The average Bonchev–Trinajstić information content (AvgIpc) is 1.88. The van der Waals surface area contributed by atoms with Crippen LogP contribution < -0.4 is 0 Å². The monoisotopic (exact) mass is 150 g/mol. The van der Waals surface area contributed by atoms with Crippen LogP contribution in [0.3, 0.4) is 0 Å². The van der Waals surface area contributed by atoms with Gasteiger partial charge in [0, 0.05) is 5.57 Å². The highest BCUT2D eigenvalue weighted by molar-refractivity contribution is 5.81. The van der Waals surface area contributed by atoms with Crippen LogP contribution in [0.5, 0.6) is 0 Å². The summed E-state index contributed by atoms with van der Waals surface area (Å²) in [5, 5.41) is 0. The highest BCUT2D eigenvalue weighted by Gasteiger charge is 1.98. The van der Waals surface area contributed by atoms with Gasteiger partial charge in [-0.3, -0.25) is 4.79 Å². The predicted molar refractivity (Wildman–Crippen MR) is 48.4 cm³/mol. The van der Waals surface area contributed by atoms with Crippen LogP contribution in [0.15, 0.2) is 35.5 Å². The van der Waals surface area contributed by atoms with Gasteiger partial charge in [-0.05, 0) is 26.3 Å². The molecule has 0 aliphatic rings. The molecule has 0 N–H and O–H groups in total. The lowest BCUT2D eigenvalue weighted by atomic mass is 10.0. The van der Waals surface area contributed by atoms with E-state index in [4.69, 9.17) is 0 Å². The number of hydrogen-bond acceptors (Lipinski definition) is 1. The summed E-state index contributed by atoms with van der Waals surface area (Å²) in [5.41, 5.74) is 2.77. The molecule has 0 atom stereocenters. The second-order valence-electron chi connectivity index (χ2n) is 2.62. The number of hydrogen-bond donors (Lipinski definition) is 0. The molecule has 0 amide bonds. The third-order valence-corrected chi connectivity index (χ3v) is 1.45. The third kappa shape index (κ3) is 2.99. The molecule has 0 bridgehead atoms. The number of rotatable bonds is 3. The molecule has 0 fully saturated rings. The first-order valence-corrected chi connectivity index (χ1v) is 3.55. The van der Waals surface area contributed by atoms with Crippen molar-refractivity contribution in [2.24, 2.45) is 0 Å². The molecule has 11 heavy (non-hydrogen) atoms. The molecule has 1 heteroatoms. The Labute approximate surface area is 68.1 Å². The Balaban J connectivity index is 4.81. The molecule has 0 rings (SSSR count). The van der Waals surface area contributed by atoms with Crippen molar-refractivity contribution >= 4 is 6.29 Å². The van der Waals surface area contributed by atoms with Crippen molar-refractivity contribution in [1.29, 1.82) is 0 Å². The summed E-state index contributed by atoms with van der Waals surface area (Å²) in [7, 11) is 0. The maximum Gasteiger partial charge on any atom is 0.150 e. The highest BCUT2D eigenvalue weighted by atomic mass is 16.1. The molecule has 0 radical (unpaired) electrons. The van der Waals surface area contributed by atoms with Crippen molar-refractivity contribution in [2.45, 2.75) is 20.8 Å². The number of carbonyl (C=O) groups is 1. The van der Waals surface area contributed by atoms with Crippen molar-refractivity contribution in [2.75, 3.05) is 0 Å². The summed E-state index contributed by atoms with van der Waals surface area (Å²) in [4.78, 5) is 10.5. The Bertz CT molecular complexity index is 215. The summed E-state index contributed by atoms with van der Waals surface area (Å²) in [5.74, 6) is 0. The minimum absolute atomic E-state index is 0.768. The zero-order chi connectivity index (χ0) is 8.85. The maximum absolute atomic E-state index is 10.5. The average molecular weight is 150 g/mol. The van der Waals surface area contributed by atoms with Crippen LogP contribution in [0.1, 0.15) is 20.8 Å². The summed E-state index contributed by atoms with van der Waals surface area (Å²) >= 11 is 0. The molecular weight excluding hydrogens is 136 g/mol. The fraction of sp³-hybridized carbons (Fsp3) is 0.300. The van der Waals surface area contributed by atoms with Gasteiger partial charge in [-0.1, -0.05) is 24.3 Å². The fourth-order valence-corrected chi connectivity index (χ4v) is 0.872. The van der Waals surface area contributed by atoms with Gasteiger partial charge in [0.2, 0.25) is 0 Å². The molecule has 0 aliphatic carbocycles. The van der Waals surface area contributed by atoms with Crippen LogP contribution >= 0.6 is 0 Å². The molecule has 0 aromatic rings. The highest BCUT2D eigenvalue weighted by Crippen LogP contribution is 2.11. The van der Waals surface area contributed by atoms with Gasteiger partial charge in [0.25, 0.3) is 0 Å². The van der Waals surface area contributed by atoms with E-state index in [1.54, 1.807) is 6.08 Å². The number of carbonyl (C=O) groups excluding carboxylic acids is 1. The number of allylic oxidation sites excluding steroid dienone is 5. The topological polar surface area (TPSA) is 17.1 Å². The molecule has 1 nitrogen and oxygen atoms in total. The van der Waals surface area contributed by atoms with Crippen LogP contribution in [-0.4, -0.2) is 6.29 Å². The Hall–Kier alpha value is -1.11. The van der Waals surface area contributed by atoms with E-state index in [2.05, 4.69) is 6.58 Å². The summed E-state index contributed by atoms with van der Waals surface area (Å²) in [6.07, 6.45) is 4.39. The largest absolute Gasteiger partial charge is 0.298 e. The minimum atomic E-state index is 0.768. The zero-order valence-corrected chi connectivity index (χ0v) is 7.35. The van der Waals surface area contributed by atoms with Crippen molar-refractivity contribution in [3.8, 4) is 0 Å². The maximum atomic E-state index is 10.5. The van der Waals surface area contributed by atoms with Crippen molar-refractivity contribution < 1.29 is 4.79 Å². The van der Waals surface area contributed by atoms with Crippen molar-refractivity contribution in [3.63, 3.8) is 0 Å².